The van der Waals surface area contributed by atoms with Gasteiger partial charge in [0.1, 0.15) is 41.0 Å². The molecule has 290 valence electrons. The molecule has 1 unspecified atom stereocenters. The number of ether oxygens (including phenoxy) is 2. The SMILES string of the molecule is Cc1sc2c(c1C)C(c1ccc(Cl)cc1)=N[C@@H](CC(=O)CCCOCCCC(=O)COc1cccc3c1C(=O)N(C1CCC(=O)NC1=O)C3=O)c1nnc(C)n1-2. The first-order valence-corrected chi connectivity index (χ1v) is 19.6. The first-order valence-electron chi connectivity index (χ1n) is 18.4. The van der Waals surface area contributed by atoms with Gasteiger partial charge in [0.05, 0.1) is 16.8 Å². The number of aliphatic imine (C=N–C) groups is 1. The molecule has 1 fully saturated rings. The Morgan fingerprint density at radius 3 is 2.39 bits per heavy atom. The molecule has 5 heterocycles. The fourth-order valence-electron chi connectivity index (χ4n) is 7.13. The molecular formula is C40H39ClN6O8S. The summed E-state index contributed by atoms with van der Waals surface area (Å²) in [7, 11) is 0. The lowest BCUT2D eigenvalue weighted by atomic mass is 9.99. The number of rotatable bonds is 15. The minimum atomic E-state index is -1.10. The Morgan fingerprint density at radius 1 is 0.929 bits per heavy atom. The normalized spacial score (nSPS) is 17.6. The van der Waals surface area contributed by atoms with E-state index in [1.165, 1.54) is 18.2 Å². The fraction of sp³-hybridized carbons (Fsp3) is 0.375. The number of hydrogen-bond acceptors (Lipinski definition) is 12. The molecule has 0 saturated carbocycles. The number of imide groups is 2. The summed E-state index contributed by atoms with van der Waals surface area (Å²) < 4.78 is 13.4. The van der Waals surface area contributed by atoms with Gasteiger partial charge in [-0.1, -0.05) is 29.8 Å². The van der Waals surface area contributed by atoms with Crippen LogP contribution >= 0.6 is 22.9 Å². The maximum absolute atomic E-state index is 13.3. The van der Waals surface area contributed by atoms with Crippen molar-refractivity contribution < 1.29 is 38.2 Å². The van der Waals surface area contributed by atoms with E-state index in [9.17, 15) is 28.8 Å². The Labute approximate surface area is 331 Å². The van der Waals surface area contributed by atoms with Crippen molar-refractivity contribution in [3.63, 3.8) is 0 Å². The molecule has 4 amide bonds. The molecule has 0 spiro atoms. The summed E-state index contributed by atoms with van der Waals surface area (Å²) in [6.07, 6.45) is 1.55. The quantitative estimate of drug-likeness (QED) is 0.121. The van der Waals surface area contributed by atoms with Crippen LogP contribution in [0.5, 0.6) is 5.75 Å². The maximum Gasteiger partial charge on any atom is 0.266 e. The van der Waals surface area contributed by atoms with E-state index in [-0.39, 0.29) is 67.2 Å². The third kappa shape index (κ3) is 7.71. The van der Waals surface area contributed by atoms with Crippen LogP contribution in [0.3, 0.4) is 0 Å². The van der Waals surface area contributed by atoms with Crippen molar-refractivity contribution in [3.8, 4) is 10.8 Å². The molecule has 3 aliphatic rings. The van der Waals surface area contributed by atoms with E-state index >= 15 is 0 Å². The Bertz CT molecular complexity index is 2300. The molecule has 14 nitrogen and oxygen atoms in total. The number of thiophene rings is 1. The smallest absolute Gasteiger partial charge is 0.266 e. The van der Waals surface area contributed by atoms with Crippen molar-refractivity contribution >= 4 is 63.8 Å². The molecule has 2 atom stereocenters. The molecule has 0 radical (unpaired) electrons. The molecule has 4 aromatic rings. The van der Waals surface area contributed by atoms with Gasteiger partial charge < -0.3 is 9.47 Å². The summed E-state index contributed by atoms with van der Waals surface area (Å²) in [6, 6.07) is 10.4. The molecule has 56 heavy (non-hydrogen) atoms. The molecule has 1 saturated heterocycles. The van der Waals surface area contributed by atoms with Crippen molar-refractivity contribution in [2.75, 3.05) is 19.8 Å². The highest BCUT2D eigenvalue weighted by Gasteiger charge is 2.46. The maximum atomic E-state index is 13.3. The van der Waals surface area contributed by atoms with Crippen molar-refractivity contribution in [3.05, 3.63) is 91.8 Å². The van der Waals surface area contributed by atoms with Crippen LogP contribution in [-0.2, 0) is 23.9 Å². The second-order valence-corrected chi connectivity index (χ2v) is 15.6. The van der Waals surface area contributed by atoms with Crippen molar-refractivity contribution in [1.82, 2.24) is 25.0 Å². The number of piperidine rings is 1. The van der Waals surface area contributed by atoms with E-state index in [4.69, 9.17) is 26.1 Å². The zero-order valence-corrected chi connectivity index (χ0v) is 32.6. The zero-order valence-electron chi connectivity index (χ0n) is 31.1. The number of fused-ring (bicyclic) bond motifs is 4. The summed E-state index contributed by atoms with van der Waals surface area (Å²) in [5, 5.41) is 12.6. The van der Waals surface area contributed by atoms with E-state index in [2.05, 4.69) is 29.4 Å². The molecule has 0 aliphatic carbocycles. The van der Waals surface area contributed by atoms with Crippen LogP contribution in [0.15, 0.2) is 47.5 Å². The third-order valence-corrected chi connectivity index (χ3v) is 11.5. The van der Waals surface area contributed by atoms with Crippen molar-refractivity contribution in [1.29, 1.82) is 0 Å². The number of nitrogens with one attached hydrogen (secondary N) is 1. The van der Waals surface area contributed by atoms with Gasteiger partial charge >= 0.3 is 0 Å². The number of hydrogen-bond donors (Lipinski definition) is 1. The van der Waals surface area contributed by atoms with Gasteiger partial charge in [-0.2, -0.15) is 0 Å². The highest BCUT2D eigenvalue weighted by Crippen LogP contribution is 2.40. The van der Waals surface area contributed by atoms with Crippen LogP contribution < -0.4 is 10.1 Å². The van der Waals surface area contributed by atoms with Gasteiger partial charge in [-0.15, -0.1) is 21.5 Å². The lowest BCUT2D eigenvalue weighted by Crippen LogP contribution is -2.54. The highest BCUT2D eigenvalue weighted by molar-refractivity contribution is 7.15. The second-order valence-electron chi connectivity index (χ2n) is 13.9. The summed E-state index contributed by atoms with van der Waals surface area (Å²) in [4.78, 5) is 83.4. The molecule has 3 aliphatic heterocycles. The number of carbonyl (C=O) groups excluding carboxylic acids is 6. The number of aryl methyl sites for hydroxylation is 2. The van der Waals surface area contributed by atoms with Gasteiger partial charge in [0.25, 0.3) is 11.8 Å². The van der Waals surface area contributed by atoms with Crippen LogP contribution in [0.2, 0.25) is 5.02 Å². The average Bonchev–Trinajstić information content (AvgIpc) is 3.75. The predicted molar refractivity (Wildman–Crippen MR) is 206 cm³/mol. The average molecular weight is 799 g/mol. The first kappa shape index (κ1) is 38.9. The number of amides is 4. The van der Waals surface area contributed by atoms with Crippen LogP contribution in [-0.4, -0.2) is 86.4 Å². The van der Waals surface area contributed by atoms with E-state index in [1.807, 2.05) is 35.8 Å². The minimum absolute atomic E-state index is 0.00862. The first-order chi connectivity index (χ1) is 26.9. The second kappa shape index (κ2) is 16.4. The third-order valence-electron chi connectivity index (χ3n) is 10.1. The molecular weight excluding hydrogens is 760 g/mol. The lowest BCUT2D eigenvalue weighted by Gasteiger charge is -2.27. The number of Topliss-reactive ketones (excluding diaryl/α,β-unsaturated/α-hetero) is 2. The number of aromatic nitrogens is 3. The van der Waals surface area contributed by atoms with E-state index in [1.54, 1.807) is 11.3 Å². The molecule has 16 heteroatoms. The number of benzene rings is 2. The molecule has 2 aromatic carbocycles. The number of halogens is 1. The van der Waals surface area contributed by atoms with Gasteiger partial charge in [0.15, 0.2) is 11.6 Å². The summed E-state index contributed by atoms with van der Waals surface area (Å²) >= 11 is 7.86. The van der Waals surface area contributed by atoms with Crippen LogP contribution in [0.4, 0.5) is 0 Å². The van der Waals surface area contributed by atoms with Gasteiger partial charge in [0.2, 0.25) is 11.8 Å². The van der Waals surface area contributed by atoms with Gasteiger partial charge in [-0.25, -0.2) is 0 Å². The molecule has 7 rings (SSSR count). The van der Waals surface area contributed by atoms with Crippen molar-refractivity contribution in [2.24, 2.45) is 4.99 Å². The standard InChI is InChI=1S/C40H39ClN6O8S/c1-21-22(2)56-40-33(21)35(24-11-13-25(41)14-12-24)42-29(36-45-44-23(3)46(36)40)19-26(48)7-5-17-54-18-6-8-27(49)20-55-31-10-4-9-28-34(31)39(53)47(38(28)52)30-15-16-32(50)43-37(30)51/h4,9-14,29-30H,5-8,15-20H2,1-3H3,(H,43,50,51)/t29-,30?/m0/s1. The van der Waals surface area contributed by atoms with Gasteiger partial charge in [-0.3, -0.25) is 48.5 Å². The predicted octanol–water partition coefficient (Wildman–Crippen LogP) is 5.39. The van der Waals surface area contributed by atoms with E-state index in [0.717, 1.165) is 43.0 Å². The lowest BCUT2D eigenvalue weighted by molar-refractivity contribution is -0.136. The van der Waals surface area contributed by atoms with Gasteiger partial charge in [0, 0.05) is 59.9 Å². The fourth-order valence-corrected chi connectivity index (χ4v) is 8.47. The van der Waals surface area contributed by atoms with E-state index < -0.39 is 35.7 Å². The van der Waals surface area contributed by atoms with Crippen molar-refractivity contribution in [2.45, 2.75) is 77.8 Å². The summed E-state index contributed by atoms with van der Waals surface area (Å²) in [5.74, 6) is -1.33. The Morgan fingerprint density at radius 2 is 1.66 bits per heavy atom. The summed E-state index contributed by atoms with van der Waals surface area (Å²) in [5.41, 5.74) is 3.86. The number of carbonyl (C=O) groups is 6. The largest absolute Gasteiger partial charge is 0.485 e. The van der Waals surface area contributed by atoms with E-state index in [0.29, 0.717) is 36.9 Å². The summed E-state index contributed by atoms with van der Waals surface area (Å²) in [6.45, 7) is 6.37. The Kier molecular flexibility index (Phi) is 11.4. The molecule has 2 aromatic heterocycles. The monoisotopic (exact) mass is 798 g/mol. The van der Waals surface area contributed by atoms with Crippen LogP contribution in [0.25, 0.3) is 5.00 Å². The number of ketones is 2. The molecule has 1 N–H and O–H groups in total. The Balaban J connectivity index is 0.879. The number of nitrogens with zero attached hydrogens (tertiary/aromatic N) is 5. The van der Waals surface area contributed by atoms with Crippen LogP contribution in [0, 0.1) is 20.8 Å². The molecule has 0 bridgehead atoms. The minimum Gasteiger partial charge on any atom is -0.485 e. The Hall–Kier alpha value is -5.38. The zero-order chi connectivity index (χ0) is 39.7. The topological polar surface area (TPSA) is 179 Å². The van der Waals surface area contributed by atoms with Crippen LogP contribution in [0.1, 0.15) is 105 Å². The van der Waals surface area contributed by atoms with Gasteiger partial charge in [-0.05, 0) is 69.9 Å². The highest BCUT2D eigenvalue weighted by atomic mass is 35.5.